The van der Waals surface area contributed by atoms with Gasteiger partial charge in [-0.2, -0.15) is 8.42 Å². The van der Waals surface area contributed by atoms with Crippen LogP contribution >= 0.6 is 34.5 Å². The summed E-state index contributed by atoms with van der Waals surface area (Å²) in [4.78, 5) is 18.4. The molecule has 8 nitrogen and oxygen atoms in total. The smallest absolute Gasteiger partial charge is 0.342 e. The lowest BCUT2D eigenvalue weighted by atomic mass is 10.2. The van der Waals surface area contributed by atoms with E-state index in [-0.39, 0.29) is 20.7 Å². The third-order valence-corrected chi connectivity index (χ3v) is 8.00. The van der Waals surface area contributed by atoms with Crippen LogP contribution in [-0.4, -0.2) is 33.5 Å². The molecule has 0 unspecified atom stereocenters. The largest absolute Gasteiger partial charge is 0.379 e. The Balaban J connectivity index is 1.42. The molecule has 4 rings (SSSR count). The van der Waals surface area contributed by atoms with Crippen molar-refractivity contribution in [1.29, 1.82) is 0 Å². The number of halogens is 2. The summed E-state index contributed by atoms with van der Waals surface area (Å²) < 4.78 is 31.3. The number of fused-ring (bicyclic) bond motifs is 1. The van der Waals surface area contributed by atoms with Crippen LogP contribution in [-0.2, 0) is 16.7 Å². The van der Waals surface area contributed by atoms with Crippen molar-refractivity contribution in [2.24, 2.45) is 0 Å². The molecule has 3 aromatic carbocycles. The number of aromatic nitrogens is 1. The number of nitrogens with one attached hydrogen (secondary N) is 2. The number of anilines is 2. The van der Waals surface area contributed by atoms with Crippen molar-refractivity contribution in [3.05, 3.63) is 76.3 Å². The van der Waals surface area contributed by atoms with Gasteiger partial charge in [-0.15, -0.1) is 0 Å². The Morgan fingerprint density at radius 1 is 1.06 bits per heavy atom. The van der Waals surface area contributed by atoms with Gasteiger partial charge in [0.1, 0.15) is 10.6 Å². The zero-order valence-corrected chi connectivity index (χ0v) is 21.7. The number of carbonyl (C=O) groups excluding carboxylic acids is 1. The Bertz CT molecular complexity index is 1470. The minimum atomic E-state index is -4.26. The van der Waals surface area contributed by atoms with Crippen molar-refractivity contribution in [1.82, 2.24) is 10.3 Å². The average molecular weight is 551 g/mol. The van der Waals surface area contributed by atoms with Crippen LogP contribution in [0.25, 0.3) is 10.2 Å². The number of amides is 2. The highest BCUT2D eigenvalue weighted by Gasteiger charge is 2.24. The summed E-state index contributed by atoms with van der Waals surface area (Å²) in [5.74, 6) is 0.0642. The number of urea groups is 1. The SMILES string of the molecule is CN(C)c1ccc(CNC(=O)Nc2nc3ccc(OS(=O)(=O)c4c(Cl)cccc4Cl)cc3s2)cc1. The van der Waals surface area contributed by atoms with Gasteiger partial charge < -0.3 is 14.4 Å². The van der Waals surface area contributed by atoms with E-state index in [4.69, 9.17) is 27.4 Å². The maximum absolute atomic E-state index is 12.7. The van der Waals surface area contributed by atoms with Crippen molar-refractivity contribution < 1.29 is 17.4 Å². The van der Waals surface area contributed by atoms with Gasteiger partial charge in [0.2, 0.25) is 0 Å². The molecule has 1 heterocycles. The predicted octanol–water partition coefficient (Wildman–Crippen LogP) is 5.76. The van der Waals surface area contributed by atoms with Crippen molar-refractivity contribution in [3.8, 4) is 5.75 Å². The molecule has 0 radical (unpaired) electrons. The Morgan fingerprint density at radius 3 is 2.40 bits per heavy atom. The monoisotopic (exact) mass is 550 g/mol. The molecule has 0 bridgehead atoms. The minimum absolute atomic E-state index is 0.0393. The van der Waals surface area contributed by atoms with Gasteiger partial charge in [0.25, 0.3) is 0 Å². The van der Waals surface area contributed by atoms with Crippen molar-refractivity contribution >= 4 is 71.7 Å². The van der Waals surface area contributed by atoms with E-state index in [2.05, 4.69) is 15.6 Å². The first-order valence-corrected chi connectivity index (χ1v) is 13.2. The highest BCUT2D eigenvalue weighted by Crippen LogP contribution is 2.34. The van der Waals surface area contributed by atoms with E-state index >= 15 is 0 Å². The van der Waals surface area contributed by atoms with Crippen molar-refractivity contribution in [3.63, 3.8) is 0 Å². The molecule has 2 N–H and O–H groups in total. The third-order valence-electron chi connectivity index (χ3n) is 4.86. The van der Waals surface area contributed by atoms with Crippen LogP contribution in [0.15, 0.2) is 65.6 Å². The molecule has 0 spiro atoms. The molecule has 0 aliphatic rings. The first-order valence-electron chi connectivity index (χ1n) is 10.2. The molecule has 4 aromatic rings. The van der Waals surface area contributed by atoms with Crippen LogP contribution in [0.2, 0.25) is 10.0 Å². The number of hydrogen-bond donors (Lipinski definition) is 2. The van der Waals surface area contributed by atoms with Gasteiger partial charge >= 0.3 is 16.1 Å². The third kappa shape index (κ3) is 5.96. The molecule has 0 saturated heterocycles. The molecule has 0 saturated carbocycles. The molecule has 0 aliphatic heterocycles. The number of thiazole rings is 1. The number of rotatable bonds is 7. The van der Waals surface area contributed by atoms with E-state index in [1.54, 1.807) is 12.1 Å². The fraction of sp³-hybridized carbons (Fsp3) is 0.130. The summed E-state index contributed by atoms with van der Waals surface area (Å²) in [5.41, 5.74) is 2.60. The maximum Gasteiger partial charge on any atom is 0.342 e. The molecule has 0 atom stereocenters. The lowest BCUT2D eigenvalue weighted by Crippen LogP contribution is -2.28. The second kappa shape index (κ2) is 10.3. The Labute approximate surface area is 216 Å². The van der Waals surface area contributed by atoms with Gasteiger partial charge in [-0.3, -0.25) is 5.32 Å². The summed E-state index contributed by atoms with van der Waals surface area (Å²) >= 11 is 13.2. The van der Waals surface area contributed by atoms with E-state index in [9.17, 15) is 13.2 Å². The second-order valence-corrected chi connectivity index (χ2v) is 10.9. The number of hydrogen-bond acceptors (Lipinski definition) is 7. The maximum atomic E-state index is 12.7. The lowest BCUT2D eigenvalue weighted by Gasteiger charge is -2.12. The average Bonchev–Trinajstić information content (AvgIpc) is 3.18. The minimum Gasteiger partial charge on any atom is -0.379 e. The van der Waals surface area contributed by atoms with Crippen LogP contribution in [0.3, 0.4) is 0 Å². The van der Waals surface area contributed by atoms with E-state index in [1.165, 1.54) is 35.6 Å². The molecule has 0 fully saturated rings. The molecule has 12 heteroatoms. The normalized spacial score (nSPS) is 11.3. The Hall–Kier alpha value is -3.05. The zero-order chi connectivity index (χ0) is 25.2. The summed E-state index contributed by atoms with van der Waals surface area (Å²) in [5, 5.41) is 5.76. The van der Waals surface area contributed by atoms with Crippen LogP contribution in [0.5, 0.6) is 5.75 Å². The molecule has 35 heavy (non-hydrogen) atoms. The first kappa shape index (κ1) is 25.1. The van der Waals surface area contributed by atoms with E-state index < -0.39 is 16.1 Å². The summed E-state index contributed by atoms with van der Waals surface area (Å²) in [7, 11) is -0.340. The van der Waals surface area contributed by atoms with Gasteiger partial charge in [-0.1, -0.05) is 52.7 Å². The van der Waals surface area contributed by atoms with Gasteiger partial charge in [0.05, 0.1) is 20.3 Å². The first-order chi connectivity index (χ1) is 16.6. The van der Waals surface area contributed by atoms with Crippen LogP contribution in [0.1, 0.15) is 5.56 Å². The quantitative estimate of drug-likeness (QED) is 0.284. The van der Waals surface area contributed by atoms with Gasteiger partial charge in [-0.05, 0) is 42.0 Å². The van der Waals surface area contributed by atoms with E-state index in [1.807, 2.05) is 43.3 Å². The topological polar surface area (TPSA) is 101 Å². The summed E-state index contributed by atoms with van der Waals surface area (Å²) in [6, 6.07) is 16.4. The predicted molar refractivity (Wildman–Crippen MR) is 141 cm³/mol. The molecule has 182 valence electrons. The van der Waals surface area contributed by atoms with Crippen LogP contribution in [0, 0.1) is 0 Å². The highest BCUT2D eigenvalue weighted by molar-refractivity contribution is 7.87. The fourth-order valence-electron chi connectivity index (χ4n) is 3.14. The van der Waals surface area contributed by atoms with Crippen molar-refractivity contribution in [2.75, 3.05) is 24.3 Å². The van der Waals surface area contributed by atoms with Crippen LogP contribution < -0.4 is 19.7 Å². The van der Waals surface area contributed by atoms with Crippen LogP contribution in [0.4, 0.5) is 15.6 Å². The van der Waals surface area contributed by atoms with Gasteiger partial charge in [0.15, 0.2) is 5.13 Å². The molecule has 0 aliphatic carbocycles. The molecule has 2 amide bonds. The van der Waals surface area contributed by atoms with Gasteiger partial charge in [-0.25, -0.2) is 9.78 Å². The van der Waals surface area contributed by atoms with Crippen molar-refractivity contribution in [2.45, 2.75) is 11.4 Å². The molecule has 1 aromatic heterocycles. The number of nitrogens with zero attached hydrogens (tertiary/aromatic N) is 2. The summed E-state index contributed by atoms with van der Waals surface area (Å²) in [6.07, 6.45) is 0. The lowest BCUT2D eigenvalue weighted by molar-refractivity contribution is 0.251. The molecular formula is C23H20Cl2N4O4S2. The number of benzene rings is 3. The molecular weight excluding hydrogens is 531 g/mol. The standard InChI is InChI=1S/C23H20Cl2N4O4S2/c1-29(2)15-8-6-14(7-9-15)13-26-22(30)28-23-27-19-11-10-16(12-20(19)34-23)33-35(31,32)21-17(24)4-3-5-18(21)25/h3-12H,13H2,1-2H3,(H2,26,27,28,30). The number of carbonyl (C=O) groups is 1. The Kier molecular flexibility index (Phi) is 7.36. The second-order valence-electron chi connectivity index (χ2n) is 7.61. The Morgan fingerprint density at radius 2 is 1.74 bits per heavy atom. The highest BCUT2D eigenvalue weighted by atomic mass is 35.5. The van der Waals surface area contributed by atoms with E-state index in [0.29, 0.717) is 21.9 Å². The fourth-order valence-corrected chi connectivity index (χ4v) is 6.04. The van der Waals surface area contributed by atoms with E-state index in [0.717, 1.165) is 11.3 Å². The zero-order valence-electron chi connectivity index (χ0n) is 18.6. The van der Waals surface area contributed by atoms with Gasteiger partial charge in [0, 0.05) is 32.4 Å². The summed E-state index contributed by atoms with van der Waals surface area (Å²) in [6.45, 7) is 0.352.